The number of amides is 1. The van der Waals surface area contributed by atoms with Crippen LogP contribution in [0.4, 0.5) is 5.69 Å². The molecule has 1 atom stereocenters. The van der Waals surface area contributed by atoms with E-state index < -0.39 is 15.9 Å². The summed E-state index contributed by atoms with van der Waals surface area (Å²) in [5.74, 6) is 0.837. The Kier molecular flexibility index (Phi) is 5.38. The Morgan fingerprint density at radius 3 is 2.78 bits per heavy atom. The van der Waals surface area contributed by atoms with Gasteiger partial charge in [0.1, 0.15) is 17.6 Å². The van der Waals surface area contributed by atoms with Crippen molar-refractivity contribution in [1.82, 2.24) is 4.72 Å². The van der Waals surface area contributed by atoms with Crippen LogP contribution in [0.15, 0.2) is 41.3 Å². The summed E-state index contributed by atoms with van der Waals surface area (Å²) in [6.07, 6.45) is 0.858. The van der Waals surface area contributed by atoms with Crippen LogP contribution in [0, 0.1) is 0 Å². The van der Waals surface area contributed by atoms with E-state index in [0.717, 1.165) is 12.0 Å². The predicted octanol–water partition coefficient (Wildman–Crippen LogP) is 2.57. The van der Waals surface area contributed by atoms with Gasteiger partial charge < -0.3 is 14.8 Å². The van der Waals surface area contributed by atoms with Crippen LogP contribution in [-0.4, -0.2) is 34.1 Å². The van der Waals surface area contributed by atoms with Crippen molar-refractivity contribution in [1.29, 1.82) is 0 Å². The van der Waals surface area contributed by atoms with Crippen LogP contribution in [0.2, 0.25) is 0 Å². The molecule has 0 bridgehead atoms. The second-order valence-corrected chi connectivity index (χ2v) is 8.10. The first-order valence-corrected chi connectivity index (χ1v) is 10.1. The van der Waals surface area contributed by atoms with Gasteiger partial charge in [-0.1, -0.05) is 6.07 Å². The average molecular weight is 390 g/mol. The normalized spacial score (nSPS) is 15.7. The van der Waals surface area contributed by atoms with Gasteiger partial charge in [-0.15, -0.1) is 0 Å². The van der Waals surface area contributed by atoms with E-state index in [9.17, 15) is 13.2 Å². The van der Waals surface area contributed by atoms with E-state index in [1.165, 1.54) is 25.2 Å². The van der Waals surface area contributed by atoms with Gasteiger partial charge in [0.15, 0.2) is 0 Å². The number of benzene rings is 2. The van der Waals surface area contributed by atoms with Gasteiger partial charge in [0.05, 0.1) is 17.2 Å². The zero-order chi connectivity index (χ0) is 19.6. The van der Waals surface area contributed by atoms with Crippen LogP contribution in [0.1, 0.15) is 29.8 Å². The molecule has 1 aliphatic rings. The molecule has 144 valence electrons. The Balaban J connectivity index is 1.90. The SMILES string of the molecule is CCOc1cc2c(cc1NC(=O)c1cccc(S(=O)(=O)NC)c1)O[C@H](C)C2. The third-order valence-corrected chi connectivity index (χ3v) is 5.63. The smallest absolute Gasteiger partial charge is 0.255 e. The molecule has 0 saturated heterocycles. The molecule has 0 fully saturated rings. The second kappa shape index (κ2) is 7.58. The summed E-state index contributed by atoms with van der Waals surface area (Å²) in [5, 5.41) is 2.79. The molecule has 2 aromatic rings. The lowest BCUT2D eigenvalue weighted by atomic mass is 10.1. The zero-order valence-electron chi connectivity index (χ0n) is 15.4. The number of rotatable bonds is 6. The van der Waals surface area contributed by atoms with Gasteiger partial charge >= 0.3 is 0 Å². The van der Waals surface area contributed by atoms with Crippen LogP contribution in [0.5, 0.6) is 11.5 Å². The average Bonchev–Trinajstić information content (AvgIpc) is 3.01. The highest BCUT2D eigenvalue weighted by atomic mass is 32.2. The maximum atomic E-state index is 12.7. The van der Waals surface area contributed by atoms with Gasteiger partial charge in [-0.2, -0.15) is 0 Å². The molecule has 8 heteroatoms. The quantitative estimate of drug-likeness (QED) is 0.791. The highest BCUT2D eigenvalue weighted by Crippen LogP contribution is 2.38. The Hall–Kier alpha value is -2.58. The molecule has 0 unspecified atom stereocenters. The topological polar surface area (TPSA) is 93.7 Å². The Bertz CT molecular complexity index is 972. The molecular formula is C19H22N2O5S. The Morgan fingerprint density at radius 2 is 2.07 bits per heavy atom. The molecule has 0 spiro atoms. The molecule has 1 amide bonds. The van der Waals surface area contributed by atoms with Crippen molar-refractivity contribution < 1.29 is 22.7 Å². The molecule has 7 nitrogen and oxygen atoms in total. The van der Waals surface area contributed by atoms with Crippen molar-refractivity contribution in [2.45, 2.75) is 31.3 Å². The van der Waals surface area contributed by atoms with E-state index in [0.29, 0.717) is 23.8 Å². The number of anilines is 1. The maximum Gasteiger partial charge on any atom is 0.255 e. The van der Waals surface area contributed by atoms with E-state index in [4.69, 9.17) is 9.47 Å². The van der Waals surface area contributed by atoms with Gasteiger partial charge in [0, 0.05) is 23.6 Å². The molecule has 2 aromatic carbocycles. The van der Waals surface area contributed by atoms with Crippen molar-refractivity contribution in [2.24, 2.45) is 0 Å². The molecule has 0 radical (unpaired) electrons. The molecule has 2 N–H and O–H groups in total. The first-order chi connectivity index (χ1) is 12.8. The largest absolute Gasteiger partial charge is 0.492 e. The minimum Gasteiger partial charge on any atom is -0.492 e. The van der Waals surface area contributed by atoms with Crippen molar-refractivity contribution in [3.8, 4) is 11.5 Å². The van der Waals surface area contributed by atoms with Crippen LogP contribution in [0.3, 0.4) is 0 Å². The summed E-state index contributed by atoms with van der Waals surface area (Å²) < 4.78 is 37.5. The fraction of sp³-hybridized carbons (Fsp3) is 0.316. The van der Waals surface area contributed by atoms with Crippen molar-refractivity contribution in [2.75, 3.05) is 19.0 Å². The summed E-state index contributed by atoms with van der Waals surface area (Å²) >= 11 is 0. The summed E-state index contributed by atoms with van der Waals surface area (Å²) in [6, 6.07) is 9.45. The number of hydrogen-bond acceptors (Lipinski definition) is 5. The van der Waals surface area contributed by atoms with Gasteiger partial charge in [0.2, 0.25) is 10.0 Å². The second-order valence-electron chi connectivity index (χ2n) is 6.21. The molecule has 27 heavy (non-hydrogen) atoms. The van der Waals surface area contributed by atoms with Crippen LogP contribution < -0.4 is 19.5 Å². The predicted molar refractivity (Wildman–Crippen MR) is 102 cm³/mol. The fourth-order valence-electron chi connectivity index (χ4n) is 2.93. The third kappa shape index (κ3) is 4.06. The highest BCUT2D eigenvalue weighted by molar-refractivity contribution is 7.89. The number of ether oxygens (including phenoxy) is 2. The molecule has 0 aliphatic carbocycles. The molecule has 0 saturated carbocycles. The molecule has 3 rings (SSSR count). The van der Waals surface area contributed by atoms with E-state index in [2.05, 4.69) is 10.0 Å². The first kappa shape index (κ1) is 19.2. The minimum atomic E-state index is -3.63. The summed E-state index contributed by atoms with van der Waals surface area (Å²) in [5.41, 5.74) is 1.74. The Morgan fingerprint density at radius 1 is 1.30 bits per heavy atom. The number of carbonyl (C=O) groups excluding carboxylic acids is 1. The highest BCUT2D eigenvalue weighted by Gasteiger charge is 2.23. The molecular weight excluding hydrogens is 368 g/mol. The van der Waals surface area contributed by atoms with Gasteiger partial charge in [-0.25, -0.2) is 13.1 Å². The van der Waals surface area contributed by atoms with E-state index in [1.54, 1.807) is 12.1 Å². The Labute approximate surface area is 158 Å². The molecule has 0 aromatic heterocycles. The van der Waals surface area contributed by atoms with Gasteiger partial charge in [-0.05, 0) is 45.2 Å². The lowest BCUT2D eigenvalue weighted by molar-refractivity contribution is 0.102. The number of fused-ring (bicyclic) bond motifs is 1. The van der Waals surface area contributed by atoms with Crippen molar-refractivity contribution in [3.63, 3.8) is 0 Å². The van der Waals surface area contributed by atoms with E-state index in [-0.39, 0.29) is 16.6 Å². The minimum absolute atomic E-state index is 0.0220. The number of hydrogen-bond donors (Lipinski definition) is 2. The number of nitrogens with one attached hydrogen (secondary N) is 2. The zero-order valence-corrected chi connectivity index (χ0v) is 16.2. The maximum absolute atomic E-state index is 12.7. The standard InChI is InChI=1S/C19H22N2O5S/c1-4-25-18-10-14-8-12(2)26-17(14)11-16(18)21-19(22)13-6-5-7-15(9-13)27(23,24)20-3/h5-7,9-12,20H,4,8H2,1-3H3,(H,21,22)/t12-/m1/s1. The lowest BCUT2D eigenvalue weighted by Crippen LogP contribution is -2.19. The van der Waals surface area contributed by atoms with Gasteiger partial charge in [0.25, 0.3) is 5.91 Å². The molecule has 1 aliphatic heterocycles. The summed E-state index contributed by atoms with van der Waals surface area (Å²) in [6.45, 7) is 4.30. The number of carbonyl (C=O) groups is 1. The fourth-order valence-corrected chi connectivity index (χ4v) is 3.70. The number of sulfonamides is 1. The first-order valence-electron chi connectivity index (χ1n) is 8.65. The van der Waals surface area contributed by atoms with Crippen molar-refractivity contribution in [3.05, 3.63) is 47.5 Å². The van der Waals surface area contributed by atoms with E-state index in [1.807, 2.05) is 19.9 Å². The third-order valence-electron chi connectivity index (χ3n) is 4.22. The summed E-state index contributed by atoms with van der Waals surface area (Å²) in [7, 11) is -2.31. The van der Waals surface area contributed by atoms with Crippen LogP contribution in [-0.2, 0) is 16.4 Å². The summed E-state index contributed by atoms with van der Waals surface area (Å²) in [4.78, 5) is 12.7. The van der Waals surface area contributed by atoms with Crippen LogP contribution >= 0.6 is 0 Å². The molecule has 1 heterocycles. The van der Waals surface area contributed by atoms with Crippen LogP contribution in [0.25, 0.3) is 0 Å². The van der Waals surface area contributed by atoms with Gasteiger partial charge in [-0.3, -0.25) is 4.79 Å². The monoisotopic (exact) mass is 390 g/mol. The van der Waals surface area contributed by atoms with E-state index >= 15 is 0 Å². The lowest BCUT2D eigenvalue weighted by Gasteiger charge is -2.14. The van der Waals surface area contributed by atoms with Crippen molar-refractivity contribution >= 4 is 21.6 Å².